The number of hydrogen-bond donors (Lipinski definition) is 1. The maximum atomic E-state index is 13.0. The first-order valence-electron chi connectivity index (χ1n) is 10.5. The highest BCUT2D eigenvalue weighted by Gasteiger charge is 2.41. The Bertz CT molecular complexity index is 748. The van der Waals surface area contributed by atoms with E-state index < -0.39 is 12.2 Å². The Morgan fingerprint density at radius 3 is 2.29 bits per heavy atom. The molecule has 1 aromatic rings. The zero-order valence-corrected chi connectivity index (χ0v) is 20.3. The van der Waals surface area contributed by atoms with Crippen LogP contribution in [0, 0.1) is 0 Å². The summed E-state index contributed by atoms with van der Waals surface area (Å²) in [6.07, 6.45) is -2.70. The predicted octanol–water partition coefficient (Wildman–Crippen LogP) is 3.47. The number of guanidine groups is 1. The molecule has 31 heavy (non-hydrogen) atoms. The monoisotopic (exact) mass is 553 g/mol. The SMILES string of the molecule is CCNC(=NCc1ccc(N2CCCC2=O)cc1)N1CCN(C(C)C(F)(F)F)CC1.I. The van der Waals surface area contributed by atoms with Gasteiger partial charge in [0.1, 0.15) is 6.04 Å². The average molecular weight is 553 g/mol. The standard InChI is InChI=1S/C21H30F3N5O.HI/c1-3-25-20(28-13-11-27(12-14-28)16(2)21(22,23)24)26-15-17-6-8-18(9-7-17)29-10-4-5-19(29)30;/h6-9,16H,3-5,10-15H2,1-2H3,(H,25,26);1H. The van der Waals surface area contributed by atoms with Crippen molar-refractivity contribution in [3.8, 4) is 0 Å². The summed E-state index contributed by atoms with van der Waals surface area (Å²) >= 11 is 0. The first kappa shape index (κ1) is 25.7. The van der Waals surface area contributed by atoms with E-state index in [2.05, 4.69) is 10.3 Å². The van der Waals surface area contributed by atoms with Crippen molar-refractivity contribution in [3.05, 3.63) is 29.8 Å². The number of halogens is 4. The fourth-order valence-corrected chi connectivity index (χ4v) is 3.82. The van der Waals surface area contributed by atoms with Gasteiger partial charge in [-0.2, -0.15) is 13.2 Å². The number of aliphatic imine (C=N–C) groups is 1. The lowest BCUT2D eigenvalue weighted by Crippen LogP contribution is -2.56. The van der Waals surface area contributed by atoms with Crippen LogP contribution in [0.25, 0.3) is 0 Å². The fraction of sp³-hybridized carbons (Fsp3) is 0.619. The minimum atomic E-state index is -4.20. The van der Waals surface area contributed by atoms with E-state index in [-0.39, 0.29) is 29.9 Å². The van der Waals surface area contributed by atoms with Crippen LogP contribution in [0.3, 0.4) is 0 Å². The molecule has 0 aliphatic carbocycles. The molecular weight excluding hydrogens is 522 g/mol. The molecule has 0 bridgehead atoms. The Labute approximate surface area is 198 Å². The van der Waals surface area contributed by atoms with Gasteiger partial charge in [-0.15, -0.1) is 24.0 Å². The number of hydrogen-bond acceptors (Lipinski definition) is 3. The van der Waals surface area contributed by atoms with Crippen LogP contribution in [-0.2, 0) is 11.3 Å². The van der Waals surface area contributed by atoms with Gasteiger partial charge in [-0.1, -0.05) is 12.1 Å². The highest BCUT2D eigenvalue weighted by Crippen LogP contribution is 2.25. The van der Waals surface area contributed by atoms with Crippen LogP contribution in [0.5, 0.6) is 0 Å². The van der Waals surface area contributed by atoms with Crippen LogP contribution in [0.15, 0.2) is 29.3 Å². The van der Waals surface area contributed by atoms with Crippen LogP contribution in [0.1, 0.15) is 32.3 Å². The van der Waals surface area contributed by atoms with E-state index in [1.807, 2.05) is 36.1 Å². The summed E-state index contributed by atoms with van der Waals surface area (Å²) in [6, 6.07) is 6.39. The molecule has 0 radical (unpaired) electrons. The maximum Gasteiger partial charge on any atom is 0.403 e. The Morgan fingerprint density at radius 1 is 1.13 bits per heavy atom. The maximum absolute atomic E-state index is 13.0. The predicted molar refractivity (Wildman–Crippen MR) is 127 cm³/mol. The molecule has 1 amide bonds. The zero-order valence-electron chi connectivity index (χ0n) is 18.0. The van der Waals surface area contributed by atoms with E-state index in [4.69, 9.17) is 0 Å². The van der Waals surface area contributed by atoms with Crippen molar-refractivity contribution in [1.82, 2.24) is 15.1 Å². The number of nitrogens with one attached hydrogen (secondary N) is 1. The van der Waals surface area contributed by atoms with Crippen LogP contribution >= 0.6 is 24.0 Å². The van der Waals surface area contributed by atoms with E-state index in [9.17, 15) is 18.0 Å². The number of benzene rings is 1. The number of anilines is 1. The number of amides is 1. The van der Waals surface area contributed by atoms with E-state index >= 15 is 0 Å². The van der Waals surface area contributed by atoms with Gasteiger partial charge in [0.2, 0.25) is 5.91 Å². The second-order valence-electron chi connectivity index (χ2n) is 7.73. The van der Waals surface area contributed by atoms with E-state index in [1.54, 1.807) is 4.90 Å². The minimum absolute atomic E-state index is 0. The summed E-state index contributed by atoms with van der Waals surface area (Å²) in [6.45, 7) is 6.81. The lowest BCUT2D eigenvalue weighted by molar-refractivity contribution is -0.181. The molecule has 1 aromatic carbocycles. The number of alkyl halides is 3. The van der Waals surface area contributed by atoms with Crippen molar-refractivity contribution >= 4 is 41.5 Å². The lowest BCUT2D eigenvalue weighted by atomic mass is 10.2. The normalized spacial score (nSPS) is 19.4. The summed E-state index contributed by atoms with van der Waals surface area (Å²) in [5.41, 5.74) is 1.93. The molecule has 174 valence electrons. The Hall–Kier alpha value is -1.56. The molecule has 0 aromatic heterocycles. The van der Waals surface area contributed by atoms with Crippen molar-refractivity contribution in [3.63, 3.8) is 0 Å². The molecular formula is C21H31F3IN5O. The molecule has 3 rings (SSSR count). The molecule has 10 heteroatoms. The van der Waals surface area contributed by atoms with Gasteiger partial charge in [-0.05, 0) is 38.0 Å². The van der Waals surface area contributed by atoms with E-state index in [0.29, 0.717) is 45.7 Å². The second kappa shape index (κ2) is 11.3. The molecule has 0 saturated carbocycles. The van der Waals surface area contributed by atoms with Crippen LogP contribution in [-0.4, -0.2) is 73.2 Å². The highest BCUT2D eigenvalue weighted by atomic mass is 127. The van der Waals surface area contributed by atoms with Crippen molar-refractivity contribution in [2.24, 2.45) is 4.99 Å². The van der Waals surface area contributed by atoms with Gasteiger partial charge < -0.3 is 15.1 Å². The molecule has 1 atom stereocenters. The zero-order chi connectivity index (χ0) is 21.7. The van der Waals surface area contributed by atoms with Crippen molar-refractivity contribution in [1.29, 1.82) is 0 Å². The van der Waals surface area contributed by atoms with Crippen LogP contribution in [0.4, 0.5) is 18.9 Å². The fourth-order valence-electron chi connectivity index (χ4n) is 3.82. The number of carbonyl (C=O) groups is 1. The molecule has 2 aliphatic heterocycles. The van der Waals surface area contributed by atoms with Crippen molar-refractivity contribution in [2.75, 3.05) is 44.2 Å². The van der Waals surface area contributed by atoms with Crippen LogP contribution in [0.2, 0.25) is 0 Å². The minimum Gasteiger partial charge on any atom is -0.357 e. The third-order valence-corrected chi connectivity index (χ3v) is 5.70. The second-order valence-corrected chi connectivity index (χ2v) is 7.73. The summed E-state index contributed by atoms with van der Waals surface area (Å²) < 4.78 is 38.9. The topological polar surface area (TPSA) is 51.2 Å². The quantitative estimate of drug-likeness (QED) is 0.345. The first-order valence-corrected chi connectivity index (χ1v) is 10.5. The van der Waals surface area contributed by atoms with Gasteiger partial charge in [0.05, 0.1) is 6.54 Å². The summed E-state index contributed by atoms with van der Waals surface area (Å²) in [4.78, 5) is 21.8. The van der Waals surface area contributed by atoms with Gasteiger partial charge in [0, 0.05) is 51.4 Å². The largest absolute Gasteiger partial charge is 0.403 e. The van der Waals surface area contributed by atoms with Crippen molar-refractivity contribution < 1.29 is 18.0 Å². The van der Waals surface area contributed by atoms with Gasteiger partial charge in [0.15, 0.2) is 5.96 Å². The van der Waals surface area contributed by atoms with E-state index in [1.165, 1.54) is 11.8 Å². The highest BCUT2D eigenvalue weighted by molar-refractivity contribution is 14.0. The van der Waals surface area contributed by atoms with Crippen molar-refractivity contribution in [2.45, 2.75) is 45.5 Å². The van der Waals surface area contributed by atoms with Gasteiger partial charge in [0.25, 0.3) is 0 Å². The molecule has 0 spiro atoms. The number of carbonyl (C=O) groups excluding carboxylic acids is 1. The lowest BCUT2D eigenvalue weighted by Gasteiger charge is -2.39. The smallest absolute Gasteiger partial charge is 0.357 e. The molecule has 2 saturated heterocycles. The number of nitrogens with zero attached hydrogens (tertiary/aromatic N) is 4. The molecule has 2 fully saturated rings. The van der Waals surface area contributed by atoms with Gasteiger partial charge in [-0.25, -0.2) is 4.99 Å². The van der Waals surface area contributed by atoms with E-state index in [0.717, 1.165) is 30.2 Å². The Kier molecular flexibility index (Phi) is 9.41. The number of piperazine rings is 1. The Balaban J connectivity index is 0.00000341. The van der Waals surface area contributed by atoms with Gasteiger partial charge >= 0.3 is 6.18 Å². The Morgan fingerprint density at radius 2 is 1.77 bits per heavy atom. The summed E-state index contributed by atoms with van der Waals surface area (Å²) in [7, 11) is 0. The number of rotatable bonds is 5. The molecule has 1 N–H and O–H groups in total. The van der Waals surface area contributed by atoms with Gasteiger partial charge in [-0.3, -0.25) is 9.69 Å². The third-order valence-electron chi connectivity index (χ3n) is 5.70. The molecule has 2 heterocycles. The first-order chi connectivity index (χ1) is 14.3. The average Bonchev–Trinajstić information content (AvgIpc) is 3.16. The third kappa shape index (κ3) is 6.71. The molecule has 1 unspecified atom stereocenters. The summed E-state index contributed by atoms with van der Waals surface area (Å²) in [5.74, 6) is 0.879. The molecule has 2 aliphatic rings. The van der Waals surface area contributed by atoms with Crippen LogP contribution < -0.4 is 10.2 Å². The molecule has 6 nitrogen and oxygen atoms in total. The summed E-state index contributed by atoms with van der Waals surface area (Å²) in [5, 5.41) is 3.24.